The van der Waals surface area contributed by atoms with E-state index < -0.39 is 0 Å². The number of halogens is 1. The van der Waals surface area contributed by atoms with Crippen molar-refractivity contribution in [2.75, 3.05) is 27.2 Å². The maximum Gasteiger partial charge on any atom is 0.222 e. The van der Waals surface area contributed by atoms with Crippen molar-refractivity contribution in [2.45, 2.75) is 32.4 Å². The molecule has 0 radical (unpaired) electrons. The van der Waals surface area contributed by atoms with E-state index in [4.69, 9.17) is 0 Å². The van der Waals surface area contributed by atoms with Crippen LogP contribution in [0.5, 0.6) is 0 Å². The van der Waals surface area contributed by atoms with Gasteiger partial charge in [0.25, 0.3) is 0 Å². The van der Waals surface area contributed by atoms with Crippen LogP contribution in [0.15, 0.2) is 46.8 Å². The van der Waals surface area contributed by atoms with E-state index in [2.05, 4.69) is 64.0 Å². The molecule has 0 atom stereocenters. The lowest BCUT2D eigenvalue weighted by molar-refractivity contribution is -0.128. The zero-order valence-corrected chi connectivity index (χ0v) is 19.7. The number of amides is 1. The molecule has 0 saturated carbocycles. The summed E-state index contributed by atoms with van der Waals surface area (Å²) in [6.07, 6.45) is 2.69. The van der Waals surface area contributed by atoms with Crippen molar-refractivity contribution in [3.8, 4) is 0 Å². The molecule has 1 saturated heterocycles. The van der Waals surface area contributed by atoms with Gasteiger partial charge >= 0.3 is 0 Å². The third kappa shape index (κ3) is 6.48. The van der Waals surface area contributed by atoms with E-state index in [0.717, 1.165) is 38.4 Å². The number of carbonyl (C=O) groups is 1. The molecule has 1 aromatic carbocycles. The largest absolute Gasteiger partial charge is 0.352 e. The summed E-state index contributed by atoms with van der Waals surface area (Å²) in [4.78, 5) is 21.7. The van der Waals surface area contributed by atoms with Gasteiger partial charge in [-0.3, -0.25) is 9.79 Å². The van der Waals surface area contributed by atoms with Crippen LogP contribution in [0.2, 0.25) is 0 Å². The van der Waals surface area contributed by atoms with Crippen molar-refractivity contribution >= 4 is 47.2 Å². The van der Waals surface area contributed by atoms with Gasteiger partial charge in [-0.15, -0.1) is 35.3 Å². The molecule has 1 aliphatic rings. The molecule has 1 amide bonds. The molecule has 0 bridgehead atoms. The summed E-state index contributed by atoms with van der Waals surface area (Å²) in [6.45, 7) is 3.24. The number of hydrogen-bond acceptors (Lipinski definition) is 3. The Morgan fingerprint density at radius 3 is 2.79 bits per heavy atom. The highest BCUT2D eigenvalue weighted by atomic mass is 127. The van der Waals surface area contributed by atoms with Gasteiger partial charge in [0.05, 0.1) is 0 Å². The van der Waals surface area contributed by atoms with Crippen LogP contribution >= 0.6 is 35.3 Å². The van der Waals surface area contributed by atoms with E-state index >= 15 is 0 Å². The first kappa shape index (κ1) is 22.7. The Labute approximate surface area is 188 Å². The normalized spacial score (nSPS) is 14.1. The van der Waals surface area contributed by atoms with E-state index in [9.17, 15) is 4.79 Å². The van der Waals surface area contributed by atoms with Crippen LogP contribution in [0, 0.1) is 0 Å². The monoisotopic (exact) mass is 512 g/mol. The third-order valence-electron chi connectivity index (χ3n) is 4.83. The second-order valence-electron chi connectivity index (χ2n) is 6.89. The highest BCUT2D eigenvalue weighted by molar-refractivity contribution is 14.0. The quantitative estimate of drug-likeness (QED) is 0.350. The number of nitrogens with zero attached hydrogens (tertiary/aromatic N) is 3. The average molecular weight is 512 g/mol. The summed E-state index contributed by atoms with van der Waals surface area (Å²) in [5, 5.41) is 5.56. The number of nitrogens with one attached hydrogen (secondary N) is 1. The Morgan fingerprint density at radius 2 is 2.11 bits per heavy atom. The molecular weight excluding hydrogens is 483 g/mol. The lowest BCUT2D eigenvalue weighted by Crippen LogP contribution is -2.39. The summed E-state index contributed by atoms with van der Waals surface area (Å²) in [7, 11) is 3.89. The van der Waals surface area contributed by atoms with Crippen LogP contribution < -0.4 is 5.32 Å². The summed E-state index contributed by atoms with van der Waals surface area (Å²) >= 11 is 1.79. The predicted octanol–water partition coefficient (Wildman–Crippen LogP) is 3.74. The minimum Gasteiger partial charge on any atom is -0.352 e. The molecule has 1 N–H and O–H groups in total. The van der Waals surface area contributed by atoms with Gasteiger partial charge in [0, 0.05) is 51.6 Å². The van der Waals surface area contributed by atoms with Gasteiger partial charge in [-0.05, 0) is 35.4 Å². The molecule has 1 aromatic heterocycles. The maximum atomic E-state index is 11.8. The number of guanidine groups is 1. The van der Waals surface area contributed by atoms with Crippen LogP contribution in [-0.2, 0) is 24.3 Å². The number of thiophene rings is 1. The fourth-order valence-corrected chi connectivity index (χ4v) is 4.03. The molecule has 7 heteroatoms. The number of hydrogen-bond donors (Lipinski definition) is 1. The van der Waals surface area contributed by atoms with Crippen LogP contribution in [0.1, 0.15) is 28.8 Å². The predicted molar refractivity (Wildman–Crippen MR) is 127 cm³/mol. The first-order valence-corrected chi connectivity index (χ1v) is 10.3. The highest BCUT2D eigenvalue weighted by Crippen LogP contribution is 2.15. The summed E-state index contributed by atoms with van der Waals surface area (Å²) in [5.41, 5.74) is 2.39. The number of carbonyl (C=O) groups excluding carboxylic acids is 1. The van der Waals surface area contributed by atoms with Gasteiger partial charge in [-0.25, -0.2) is 0 Å². The molecule has 0 aliphatic carbocycles. The Morgan fingerprint density at radius 1 is 1.29 bits per heavy atom. The van der Waals surface area contributed by atoms with E-state index in [1.54, 1.807) is 11.3 Å². The first-order chi connectivity index (χ1) is 13.2. The van der Waals surface area contributed by atoms with E-state index in [1.807, 2.05) is 11.9 Å². The van der Waals surface area contributed by atoms with Crippen molar-refractivity contribution in [3.05, 3.63) is 57.8 Å². The Hall–Kier alpha value is -1.61. The molecule has 28 heavy (non-hydrogen) atoms. The molecule has 0 unspecified atom stereocenters. The number of likely N-dealkylation sites (tertiary alicyclic amines) is 1. The molecule has 1 fully saturated rings. The average Bonchev–Trinajstić information content (AvgIpc) is 3.33. The Bertz CT molecular complexity index is 778. The van der Waals surface area contributed by atoms with Crippen molar-refractivity contribution in [1.82, 2.24) is 15.1 Å². The Kier molecular flexibility index (Phi) is 9.24. The van der Waals surface area contributed by atoms with E-state index in [-0.39, 0.29) is 29.9 Å². The van der Waals surface area contributed by atoms with Gasteiger partial charge in [0.1, 0.15) is 0 Å². The lowest BCUT2D eigenvalue weighted by atomic mass is 10.1. The molecule has 0 spiro atoms. The summed E-state index contributed by atoms with van der Waals surface area (Å²) < 4.78 is 0. The number of benzene rings is 1. The number of rotatable bonds is 7. The molecule has 5 nitrogen and oxygen atoms in total. The maximum absolute atomic E-state index is 11.8. The van der Waals surface area contributed by atoms with Gasteiger partial charge < -0.3 is 15.1 Å². The van der Waals surface area contributed by atoms with E-state index in [1.165, 1.54) is 16.0 Å². The summed E-state index contributed by atoms with van der Waals surface area (Å²) in [5.74, 6) is 1.16. The molecule has 152 valence electrons. The SMILES string of the molecule is CN=C(NCc1cccc(CN2CCCC2=O)c1)N(C)CCc1cccs1.I. The second kappa shape index (κ2) is 11.4. The van der Waals surface area contributed by atoms with Crippen molar-refractivity contribution < 1.29 is 4.79 Å². The standard InChI is InChI=1S/C21H28N4OS.HI/c1-22-21(24(2)12-10-19-8-5-13-27-19)23-15-17-6-3-7-18(14-17)16-25-11-4-9-20(25)26;/h3,5-8,13-14H,4,9-12,15-16H2,1-2H3,(H,22,23);1H. The molecule has 2 heterocycles. The first-order valence-electron chi connectivity index (χ1n) is 9.45. The zero-order valence-electron chi connectivity index (χ0n) is 16.6. The third-order valence-corrected chi connectivity index (χ3v) is 5.77. The topological polar surface area (TPSA) is 47.9 Å². The summed E-state index contributed by atoms with van der Waals surface area (Å²) in [6, 6.07) is 12.7. The smallest absolute Gasteiger partial charge is 0.222 e. The fraction of sp³-hybridized carbons (Fsp3) is 0.429. The van der Waals surface area contributed by atoms with Crippen molar-refractivity contribution in [2.24, 2.45) is 4.99 Å². The van der Waals surface area contributed by atoms with Gasteiger partial charge in [0.2, 0.25) is 5.91 Å². The van der Waals surface area contributed by atoms with Crippen LogP contribution in [0.4, 0.5) is 0 Å². The van der Waals surface area contributed by atoms with Crippen LogP contribution in [0.25, 0.3) is 0 Å². The fourth-order valence-electron chi connectivity index (χ4n) is 3.33. The number of likely N-dealkylation sites (N-methyl/N-ethyl adjacent to an activating group) is 1. The minimum absolute atomic E-state index is 0. The number of aliphatic imine (C=N–C) groups is 1. The minimum atomic E-state index is 0. The molecule has 2 aromatic rings. The Balaban J connectivity index is 0.00000280. The van der Waals surface area contributed by atoms with Crippen LogP contribution in [-0.4, -0.2) is 48.9 Å². The van der Waals surface area contributed by atoms with Gasteiger partial charge in [-0.1, -0.05) is 30.3 Å². The van der Waals surface area contributed by atoms with Gasteiger partial charge in [0.15, 0.2) is 5.96 Å². The zero-order chi connectivity index (χ0) is 19.1. The van der Waals surface area contributed by atoms with Crippen molar-refractivity contribution in [3.63, 3.8) is 0 Å². The van der Waals surface area contributed by atoms with Gasteiger partial charge in [-0.2, -0.15) is 0 Å². The highest BCUT2D eigenvalue weighted by Gasteiger charge is 2.19. The molecule has 3 rings (SSSR count). The van der Waals surface area contributed by atoms with E-state index in [0.29, 0.717) is 13.0 Å². The lowest BCUT2D eigenvalue weighted by Gasteiger charge is -2.22. The molecular formula is C21H29IN4OS. The van der Waals surface area contributed by atoms with Crippen LogP contribution in [0.3, 0.4) is 0 Å². The van der Waals surface area contributed by atoms with Crippen molar-refractivity contribution in [1.29, 1.82) is 0 Å². The second-order valence-corrected chi connectivity index (χ2v) is 7.92. The molecule has 1 aliphatic heterocycles.